The van der Waals surface area contributed by atoms with Crippen LogP contribution in [0, 0.1) is 5.82 Å². The van der Waals surface area contributed by atoms with Crippen LogP contribution < -0.4 is 20.1 Å². The van der Waals surface area contributed by atoms with Crippen molar-refractivity contribution in [3.05, 3.63) is 83.4 Å². The molecule has 12 heteroatoms. The Hall–Kier alpha value is -4.65. The molecular weight excluding hydrogens is 595 g/mol. The molecule has 0 radical (unpaired) electrons. The maximum atomic E-state index is 13.8. The van der Waals surface area contributed by atoms with Gasteiger partial charge in [0.2, 0.25) is 5.91 Å². The first kappa shape index (κ1) is 31.3. The number of benzene rings is 2. The van der Waals surface area contributed by atoms with E-state index < -0.39 is 41.4 Å². The van der Waals surface area contributed by atoms with E-state index in [0.29, 0.717) is 33.7 Å². The summed E-state index contributed by atoms with van der Waals surface area (Å²) in [6.45, 7) is 2.15. The van der Waals surface area contributed by atoms with Gasteiger partial charge in [-0.1, -0.05) is 6.07 Å². The normalized spacial score (nSPS) is 19.1. The molecule has 0 saturated heterocycles. The topological polar surface area (TPSA) is 163 Å². The van der Waals surface area contributed by atoms with Gasteiger partial charge in [0.25, 0.3) is 5.91 Å². The molecule has 5 N–H and O–H groups in total. The molecule has 3 heterocycles. The molecule has 1 aliphatic carbocycles. The predicted octanol–water partition coefficient (Wildman–Crippen LogP) is 2.73. The molecule has 46 heavy (non-hydrogen) atoms. The van der Waals surface area contributed by atoms with Gasteiger partial charge in [-0.3, -0.25) is 14.6 Å². The van der Waals surface area contributed by atoms with Crippen LogP contribution in [0.25, 0.3) is 22.2 Å². The lowest BCUT2D eigenvalue weighted by Gasteiger charge is -2.27. The van der Waals surface area contributed by atoms with E-state index >= 15 is 0 Å². The van der Waals surface area contributed by atoms with Gasteiger partial charge in [-0.15, -0.1) is 0 Å². The Morgan fingerprint density at radius 3 is 2.65 bits per heavy atom. The summed E-state index contributed by atoms with van der Waals surface area (Å²) in [5.74, 6) is -0.547. The van der Waals surface area contributed by atoms with Crippen LogP contribution in [0.4, 0.5) is 4.39 Å². The summed E-state index contributed by atoms with van der Waals surface area (Å²) in [6.07, 6.45) is 2.51. The van der Waals surface area contributed by atoms with Crippen LogP contribution in [0.1, 0.15) is 48.3 Å². The molecule has 0 unspecified atom stereocenters. The number of carbonyl (C=O) groups is 2. The molecular formula is C34H35FN4O7. The van der Waals surface area contributed by atoms with E-state index in [0.717, 1.165) is 18.2 Å². The third kappa shape index (κ3) is 6.23. The van der Waals surface area contributed by atoms with Crippen molar-refractivity contribution in [3.8, 4) is 22.8 Å². The zero-order valence-electron chi connectivity index (χ0n) is 25.4. The highest BCUT2D eigenvalue weighted by molar-refractivity contribution is 6.00. The van der Waals surface area contributed by atoms with Gasteiger partial charge in [-0.25, -0.2) is 9.37 Å². The van der Waals surface area contributed by atoms with Crippen molar-refractivity contribution in [2.24, 2.45) is 0 Å². The third-order valence-corrected chi connectivity index (χ3v) is 8.30. The van der Waals surface area contributed by atoms with E-state index in [9.17, 15) is 29.3 Å². The number of carbonyl (C=O) groups excluding carboxylic acids is 2. The molecule has 1 aliphatic heterocycles. The van der Waals surface area contributed by atoms with E-state index in [1.165, 1.54) is 31.2 Å². The number of hydrogen-bond acceptors (Lipinski definition) is 9. The molecule has 1 saturated carbocycles. The summed E-state index contributed by atoms with van der Waals surface area (Å²) >= 11 is 0. The number of aromatic nitrogens is 2. The van der Waals surface area contributed by atoms with E-state index in [1.54, 1.807) is 37.4 Å². The van der Waals surface area contributed by atoms with Crippen molar-refractivity contribution in [1.82, 2.24) is 20.6 Å². The number of amides is 2. The molecule has 1 fully saturated rings. The molecule has 0 bridgehead atoms. The van der Waals surface area contributed by atoms with Crippen LogP contribution in [0.15, 0.2) is 60.8 Å². The SMILES string of the molecule is C[C@](O)(CNC(=O)c1cc(OC2CC2)c2ncccc2c1)c1cc2c(c(-c3ccc(F)cc3)n1)OC[C@]2(C)C(=O)NC[C@@H](O)CO. The molecule has 11 nitrogen and oxygen atoms in total. The number of rotatable bonds is 11. The molecule has 2 aromatic carbocycles. The molecule has 4 aromatic rings. The Morgan fingerprint density at radius 1 is 1.17 bits per heavy atom. The molecule has 2 amide bonds. The van der Waals surface area contributed by atoms with Crippen LogP contribution in [-0.2, 0) is 15.8 Å². The quantitative estimate of drug-likeness (QED) is 0.168. The lowest BCUT2D eigenvalue weighted by atomic mass is 9.81. The fourth-order valence-electron chi connectivity index (χ4n) is 5.31. The summed E-state index contributed by atoms with van der Waals surface area (Å²) in [4.78, 5) is 35.9. The van der Waals surface area contributed by atoms with Crippen LogP contribution in [0.2, 0.25) is 0 Å². The number of pyridine rings is 2. The zero-order valence-corrected chi connectivity index (χ0v) is 25.4. The predicted molar refractivity (Wildman–Crippen MR) is 166 cm³/mol. The van der Waals surface area contributed by atoms with Crippen molar-refractivity contribution in [3.63, 3.8) is 0 Å². The van der Waals surface area contributed by atoms with E-state index in [2.05, 4.69) is 15.6 Å². The number of hydrogen-bond donors (Lipinski definition) is 5. The number of aliphatic hydroxyl groups is 3. The molecule has 0 spiro atoms. The fourth-order valence-corrected chi connectivity index (χ4v) is 5.31. The second-order valence-corrected chi connectivity index (χ2v) is 12.2. The summed E-state index contributed by atoms with van der Waals surface area (Å²) in [5, 5.41) is 36.9. The molecule has 2 aromatic heterocycles. The molecule has 3 atom stereocenters. The third-order valence-electron chi connectivity index (χ3n) is 8.30. The lowest BCUT2D eigenvalue weighted by molar-refractivity contribution is -0.127. The Bertz CT molecular complexity index is 1790. The minimum absolute atomic E-state index is 0.0658. The first-order valence-electron chi connectivity index (χ1n) is 15.1. The molecule has 6 rings (SSSR count). The zero-order chi connectivity index (χ0) is 32.6. The monoisotopic (exact) mass is 630 g/mol. The van der Waals surface area contributed by atoms with Crippen LogP contribution in [0.3, 0.4) is 0 Å². The summed E-state index contributed by atoms with van der Waals surface area (Å²) in [6, 6.07) is 14.1. The van der Waals surface area contributed by atoms with Gasteiger partial charge in [0, 0.05) is 34.8 Å². The average molecular weight is 631 g/mol. The van der Waals surface area contributed by atoms with Gasteiger partial charge in [0.15, 0.2) is 0 Å². The summed E-state index contributed by atoms with van der Waals surface area (Å²) in [5.41, 5.74) is -0.638. The van der Waals surface area contributed by atoms with E-state index in [1.807, 2.05) is 6.07 Å². The minimum Gasteiger partial charge on any atom is -0.489 e. The maximum absolute atomic E-state index is 13.8. The largest absolute Gasteiger partial charge is 0.489 e. The number of aliphatic hydroxyl groups excluding tert-OH is 2. The molecule has 2 aliphatic rings. The van der Waals surface area contributed by atoms with Crippen molar-refractivity contribution < 1.29 is 38.8 Å². The average Bonchev–Trinajstić information content (AvgIpc) is 3.81. The smallest absolute Gasteiger partial charge is 0.251 e. The second kappa shape index (κ2) is 12.3. The minimum atomic E-state index is -1.72. The first-order chi connectivity index (χ1) is 22.0. The van der Waals surface area contributed by atoms with Gasteiger partial charge in [0.1, 0.15) is 46.1 Å². The summed E-state index contributed by atoms with van der Waals surface area (Å²) < 4.78 is 25.8. The van der Waals surface area contributed by atoms with Crippen LogP contribution in [-0.4, -0.2) is 75.6 Å². The Labute approximate surface area is 264 Å². The number of fused-ring (bicyclic) bond motifs is 2. The van der Waals surface area contributed by atoms with Crippen LogP contribution in [0.5, 0.6) is 11.5 Å². The molecule has 240 valence electrons. The number of nitrogens with one attached hydrogen (secondary N) is 2. The number of nitrogens with zero attached hydrogens (tertiary/aromatic N) is 2. The summed E-state index contributed by atoms with van der Waals surface area (Å²) in [7, 11) is 0. The van der Waals surface area contributed by atoms with Gasteiger partial charge in [0.05, 0.1) is 31.1 Å². The fraction of sp³-hybridized carbons (Fsp3) is 0.353. The van der Waals surface area contributed by atoms with Crippen molar-refractivity contribution in [1.29, 1.82) is 0 Å². The maximum Gasteiger partial charge on any atom is 0.251 e. The van der Waals surface area contributed by atoms with Gasteiger partial charge in [-0.05, 0) is 75.2 Å². The second-order valence-electron chi connectivity index (χ2n) is 12.2. The van der Waals surface area contributed by atoms with Crippen molar-refractivity contribution in [2.75, 3.05) is 26.3 Å². The van der Waals surface area contributed by atoms with Gasteiger partial charge >= 0.3 is 0 Å². The Balaban J connectivity index is 1.31. The highest BCUT2D eigenvalue weighted by Gasteiger charge is 2.46. The van der Waals surface area contributed by atoms with Gasteiger partial charge in [-0.2, -0.15) is 0 Å². The van der Waals surface area contributed by atoms with Crippen LogP contribution >= 0.6 is 0 Å². The Morgan fingerprint density at radius 2 is 1.93 bits per heavy atom. The van der Waals surface area contributed by atoms with Gasteiger partial charge < -0.3 is 35.4 Å². The van der Waals surface area contributed by atoms with E-state index in [-0.39, 0.29) is 37.2 Å². The highest BCUT2D eigenvalue weighted by Crippen LogP contribution is 2.45. The lowest BCUT2D eigenvalue weighted by Crippen LogP contribution is -2.46. The highest BCUT2D eigenvalue weighted by atomic mass is 19.1. The van der Waals surface area contributed by atoms with Crippen molar-refractivity contribution in [2.45, 2.75) is 49.9 Å². The standard InChI is InChI=1S/C34H35FN4O7/c1-33(32(43)37-15-23(41)16-40)18-45-30-25(33)14-27(39-29(30)19-5-7-22(35)8-6-19)34(2,44)17-38-31(42)21-12-20-4-3-11-36-28(20)26(13-21)46-24-9-10-24/h3-8,11-14,23-24,40-41,44H,9-10,15-18H2,1-2H3,(H,37,43)(H,38,42)/t23-,33+,34+/m1/s1. The van der Waals surface area contributed by atoms with E-state index in [4.69, 9.17) is 14.5 Å². The first-order valence-corrected chi connectivity index (χ1v) is 15.1. The van der Waals surface area contributed by atoms with Crippen molar-refractivity contribution >= 4 is 22.7 Å². The Kier molecular flexibility index (Phi) is 8.36. The number of halogens is 1. The number of ether oxygens (including phenoxy) is 2.